The Labute approximate surface area is 187 Å². The van der Waals surface area contributed by atoms with Crippen LogP contribution in [-0.4, -0.2) is 16.7 Å². The molecule has 1 aromatic heterocycles. The van der Waals surface area contributed by atoms with Crippen LogP contribution in [0.5, 0.6) is 0 Å². The molecule has 31 heavy (non-hydrogen) atoms. The average molecular weight is 430 g/mol. The van der Waals surface area contributed by atoms with E-state index in [2.05, 4.69) is 39.4 Å². The Balaban J connectivity index is 1.50. The Kier molecular flexibility index (Phi) is 6.19. The van der Waals surface area contributed by atoms with Crippen LogP contribution < -0.4 is 5.43 Å². The monoisotopic (exact) mass is 429 g/mol. The smallest absolute Gasteiger partial charge is 0.244 e. The molecule has 0 atom stereocenters. The van der Waals surface area contributed by atoms with Crippen molar-refractivity contribution in [1.29, 1.82) is 0 Å². The summed E-state index contributed by atoms with van der Waals surface area (Å²) in [5.74, 6) is -0.133. The fourth-order valence-corrected chi connectivity index (χ4v) is 3.98. The number of rotatable bonds is 6. The third-order valence-electron chi connectivity index (χ3n) is 5.30. The van der Waals surface area contributed by atoms with Gasteiger partial charge in [0.15, 0.2) is 0 Å². The second kappa shape index (κ2) is 9.19. The number of amides is 1. The second-order valence-electron chi connectivity index (χ2n) is 7.76. The lowest BCUT2D eigenvalue weighted by Crippen LogP contribution is -2.20. The van der Waals surface area contributed by atoms with E-state index in [1.165, 1.54) is 5.56 Å². The number of fused-ring (bicyclic) bond motifs is 1. The first-order chi connectivity index (χ1) is 15.0. The molecule has 0 saturated heterocycles. The summed E-state index contributed by atoms with van der Waals surface area (Å²) in [7, 11) is 0. The van der Waals surface area contributed by atoms with Crippen LogP contribution in [0.2, 0.25) is 5.02 Å². The molecule has 0 fully saturated rings. The molecule has 1 amide bonds. The first-order valence-electron chi connectivity index (χ1n) is 10.2. The Morgan fingerprint density at radius 1 is 1.06 bits per heavy atom. The zero-order valence-corrected chi connectivity index (χ0v) is 18.4. The van der Waals surface area contributed by atoms with Crippen LogP contribution in [0, 0.1) is 13.8 Å². The molecule has 0 aliphatic rings. The maximum Gasteiger partial charge on any atom is 0.244 e. The minimum absolute atomic E-state index is 0.133. The van der Waals surface area contributed by atoms with Gasteiger partial charge < -0.3 is 4.57 Å². The number of para-hydroxylation sites is 1. The zero-order chi connectivity index (χ0) is 21.8. The highest BCUT2D eigenvalue weighted by Gasteiger charge is 2.08. The molecule has 4 rings (SSSR count). The Morgan fingerprint density at radius 2 is 1.90 bits per heavy atom. The first kappa shape index (κ1) is 20.9. The molecule has 1 N–H and O–H groups in total. The average Bonchev–Trinajstić information content (AvgIpc) is 3.08. The molecule has 156 valence electrons. The minimum Gasteiger partial charge on any atom is -0.342 e. The van der Waals surface area contributed by atoms with Gasteiger partial charge in [-0.05, 0) is 48.7 Å². The largest absolute Gasteiger partial charge is 0.342 e. The van der Waals surface area contributed by atoms with E-state index < -0.39 is 0 Å². The van der Waals surface area contributed by atoms with Gasteiger partial charge >= 0.3 is 0 Å². The fourth-order valence-electron chi connectivity index (χ4n) is 3.77. The van der Waals surface area contributed by atoms with Crippen molar-refractivity contribution in [3.63, 3.8) is 0 Å². The third-order valence-corrected chi connectivity index (χ3v) is 5.54. The molecule has 4 aromatic rings. The van der Waals surface area contributed by atoms with Crippen molar-refractivity contribution >= 4 is 34.6 Å². The number of hydrogen-bond donors (Lipinski definition) is 1. The maximum absolute atomic E-state index is 12.3. The predicted octanol–water partition coefficient (Wildman–Crippen LogP) is 5.65. The van der Waals surface area contributed by atoms with Gasteiger partial charge in [0.05, 0.1) is 12.6 Å². The topological polar surface area (TPSA) is 46.4 Å². The number of carbonyl (C=O) groups is 1. The van der Waals surface area contributed by atoms with E-state index in [0.717, 1.165) is 38.2 Å². The summed E-state index contributed by atoms with van der Waals surface area (Å²) in [4.78, 5) is 12.3. The highest BCUT2D eigenvalue weighted by atomic mass is 35.5. The van der Waals surface area contributed by atoms with Gasteiger partial charge in [0, 0.05) is 34.2 Å². The lowest BCUT2D eigenvalue weighted by Gasteiger charge is -2.06. The number of aryl methyl sites for hydroxylation is 2. The summed E-state index contributed by atoms with van der Waals surface area (Å²) >= 11 is 6.14. The van der Waals surface area contributed by atoms with Crippen LogP contribution in [0.25, 0.3) is 10.9 Å². The zero-order valence-electron chi connectivity index (χ0n) is 17.6. The van der Waals surface area contributed by atoms with Crippen LogP contribution >= 0.6 is 11.6 Å². The molecule has 0 spiro atoms. The fraction of sp³-hybridized carbons (Fsp3) is 0.154. The number of hydrogen-bond acceptors (Lipinski definition) is 2. The van der Waals surface area contributed by atoms with Crippen molar-refractivity contribution in [3.05, 3.63) is 106 Å². The van der Waals surface area contributed by atoms with Gasteiger partial charge in [-0.15, -0.1) is 0 Å². The Hall–Kier alpha value is -3.37. The van der Waals surface area contributed by atoms with E-state index >= 15 is 0 Å². The Morgan fingerprint density at radius 3 is 2.71 bits per heavy atom. The number of nitrogens with zero attached hydrogens (tertiary/aromatic N) is 2. The van der Waals surface area contributed by atoms with Crippen molar-refractivity contribution < 1.29 is 4.79 Å². The van der Waals surface area contributed by atoms with E-state index in [9.17, 15) is 4.79 Å². The molecule has 0 aliphatic carbocycles. The highest BCUT2D eigenvalue weighted by Crippen LogP contribution is 2.22. The Bertz CT molecular complexity index is 1270. The molecule has 0 bridgehead atoms. The number of nitrogens with one attached hydrogen (secondary N) is 1. The van der Waals surface area contributed by atoms with Crippen LogP contribution in [0.1, 0.15) is 27.8 Å². The molecule has 0 unspecified atom stereocenters. The summed E-state index contributed by atoms with van der Waals surface area (Å²) in [5, 5.41) is 6.02. The van der Waals surface area contributed by atoms with E-state index in [1.54, 1.807) is 6.21 Å². The number of hydrazone groups is 1. The number of aromatic nitrogens is 1. The predicted molar refractivity (Wildman–Crippen MR) is 128 cm³/mol. The van der Waals surface area contributed by atoms with Gasteiger partial charge in [-0.25, -0.2) is 5.43 Å². The van der Waals surface area contributed by atoms with Gasteiger partial charge in [0.25, 0.3) is 0 Å². The van der Waals surface area contributed by atoms with Gasteiger partial charge in [0.1, 0.15) is 0 Å². The summed E-state index contributed by atoms with van der Waals surface area (Å²) in [6.45, 7) is 4.77. The second-order valence-corrected chi connectivity index (χ2v) is 8.20. The molecule has 3 aromatic carbocycles. The van der Waals surface area contributed by atoms with E-state index in [0.29, 0.717) is 13.0 Å². The first-order valence-corrected chi connectivity index (χ1v) is 10.6. The molecule has 1 heterocycles. The molecule has 4 nitrogen and oxygen atoms in total. The lowest BCUT2D eigenvalue weighted by atomic mass is 10.0. The maximum atomic E-state index is 12.3. The summed E-state index contributed by atoms with van der Waals surface area (Å²) in [6.07, 6.45) is 4.06. The van der Waals surface area contributed by atoms with Crippen LogP contribution in [0.3, 0.4) is 0 Å². The SMILES string of the molecule is Cc1ccc(CC(=O)N/N=C\c2cn(Cc3cccc(Cl)c3)c3ccccc23)c(C)c1. The normalized spacial score (nSPS) is 11.3. The third kappa shape index (κ3) is 5.04. The molecule has 0 radical (unpaired) electrons. The van der Waals surface area contributed by atoms with Crippen LogP contribution in [0.15, 0.2) is 78.0 Å². The van der Waals surface area contributed by atoms with E-state index in [-0.39, 0.29) is 5.91 Å². The lowest BCUT2D eigenvalue weighted by molar-refractivity contribution is -0.120. The van der Waals surface area contributed by atoms with Gasteiger partial charge in [-0.2, -0.15) is 5.10 Å². The number of carbonyl (C=O) groups excluding carboxylic acids is 1. The summed E-state index contributed by atoms with van der Waals surface area (Å²) < 4.78 is 2.17. The van der Waals surface area contributed by atoms with E-state index in [1.807, 2.05) is 62.5 Å². The molecular formula is C26H24ClN3O. The quantitative estimate of drug-likeness (QED) is 0.312. The van der Waals surface area contributed by atoms with Crippen molar-refractivity contribution in [2.24, 2.45) is 5.10 Å². The molecule has 5 heteroatoms. The molecule has 0 aliphatic heterocycles. The highest BCUT2D eigenvalue weighted by molar-refractivity contribution is 6.30. The summed E-state index contributed by atoms with van der Waals surface area (Å²) in [5.41, 5.74) is 9.14. The van der Waals surface area contributed by atoms with Gasteiger partial charge in [0.2, 0.25) is 5.91 Å². The molecular weight excluding hydrogens is 406 g/mol. The number of halogens is 1. The summed E-state index contributed by atoms with van der Waals surface area (Å²) in [6, 6.07) is 22.1. The number of benzene rings is 3. The van der Waals surface area contributed by atoms with Gasteiger partial charge in [-0.3, -0.25) is 4.79 Å². The van der Waals surface area contributed by atoms with Crippen molar-refractivity contribution in [2.75, 3.05) is 0 Å². The van der Waals surface area contributed by atoms with Crippen LogP contribution in [-0.2, 0) is 17.8 Å². The van der Waals surface area contributed by atoms with Crippen molar-refractivity contribution in [2.45, 2.75) is 26.8 Å². The van der Waals surface area contributed by atoms with Crippen molar-refractivity contribution in [3.8, 4) is 0 Å². The van der Waals surface area contributed by atoms with Crippen LogP contribution in [0.4, 0.5) is 0 Å². The molecule has 0 saturated carbocycles. The van der Waals surface area contributed by atoms with E-state index in [4.69, 9.17) is 11.6 Å². The van der Waals surface area contributed by atoms with Gasteiger partial charge in [-0.1, -0.05) is 65.7 Å². The minimum atomic E-state index is -0.133. The standard InChI is InChI=1S/C26H24ClN3O/c1-18-10-11-21(19(2)12-18)14-26(31)29-28-15-22-17-30(25-9-4-3-8-24(22)25)16-20-6-5-7-23(27)13-20/h3-13,15,17H,14,16H2,1-2H3,(H,29,31)/b28-15-. The van der Waals surface area contributed by atoms with Crippen molar-refractivity contribution in [1.82, 2.24) is 9.99 Å².